The quantitative estimate of drug-likeness (QED) is 0.366. The third-order valence-corrected chi connectivity index (χ3v) is 7.87. The molecule has 1 aromatic carbocycles. The topological polar surface area (TPSA) is 75.5 Å². The SMILES string of the molecule is CNc1ccc(N2CCCC(N(Cc3ccnc(C)c3)Cc3cn4c5c(c(F)c(F)cc5c3=O)OCC4)C2)cn1. The standard InChI is InChI=1S/C30H32F2N6O2/c1-19-12-20(7-8-34-19)15-38(23-4-3-9-36(18-23)22-5-6-26(33-2)35-14-22)17-21-16-37-10-11-40-30-27(32)25(31)13-24(28(30)37)29(21)39/h5-8,12-14,16,23H,3-4,9-11,15,17-18H2,1-2H3,(H,33,35). The van der Waals surface area contributed by atoms with Crippen LogP contribution in [-0.2, 0) is 19.6 Å². The highest BCUT2D eigenvalue weighted by Gasteiger charge is 2.29. The number of hydrogen-bond acceptors (Lipinski definition) is 7. The number of benzene rings is 1. The van der Waals surface area contributed by atoms with Gasteiger partial charge in [-0.05, 0) is 55.7 Å². The van der Waals surface area contributed by atoms with E-state index in [0.29, 0.717) is 30.7 Å². The molecule has 1 fully saturated rings. The molecule has 10 heteroatoms. The van der Waals surface area contributed by atoms with Crippen molar-refractivity contribution in [2.75, 3.05) is 37.0 Å². The van der Waals surface area contributed by atoms with Crippen LogP contribution < -0.4 is 20.4 Å². The molecule has 8 nitrogen and oxygen atoms in total. The van der Waals surface area contributed by atoms with Crippen molar-refractivity contribution in [2.45, 2.75) is 45.4 Å². The summed E-state index contributed by atoms with van der Waals surface area (Å²) in [5.41, 5.74) is 3.66. The Balaban J connectivity index is 1.36. The first kappa shape index (κ1) is 26.2. The summed E-state index contributed by atoms with van der Waals surface area (Å²) in [4.78, 5) is 27.2. The van der Waals surface area contributed by atoms with Crippen molar-refractivity contribution < 1.29 is 13.5 Å². The number of ether oxygens (including phenoxy) is 1. The molecule has 0 amide bonds. The Morgan fingerprint density at radius 2 is 2.02 bits per heavy atom. The van der Waals surface area contributed by atoms with Crippen LogP contribution in [0.1, 0.15) is 29.7 Å². The Morgan fingerprint density at radius 1 is 1.15 bits per heavy atom. The van der Waals surface area contributed by atoms with Gasteiger partial charge >= 0.3 is 0 Å². The summed E-state index contributed by atoms with van der Waals surface area (Å²) in [7, 11) is 1.85. The normalized spacial score (nSPS) is 16.8. The van der Waals surface area contributed by atoms with Crippen molar-refractivity contribution >= 4 is 22.4 Å². The predicted octanol–water partition coefficient (Wildman–Crippen LogP) is 4.48. The molecule has 6 rings (SSSR count). The van der Waals surface area contributed by atoms with Crippen LogP contribution in [0.5, 0.6) is 5.75 Å². The molecule has 1 atom stereocenters. The molecule has 208 valence electrons. The minimum Gasteiger partial charge on any atom is -0.486 e. The maximum atomic E-state index is 14.5. The van der Waals surface area contributed by atoms with Crippen molar-refractivity contribution in [2.24, 2.45) is 0 Å². The summed E-state index contributed by atoms with van der Waals surface area (Å²) in [5.74, 6) is -1.50. The fourth-order valence-corrected chi connectivity index (χ4v) is 5.88. The number of rotatable bonds is 7. The lowest BCUT2D eigenvalue weighted by atomic mass is 10.0. The molecular weight excluding hydrogens is 514 g/mol. The van der Waals surface area contributed by atoms with E-state index in [1.807, 2.05) is 36.9 Å². The zero-order valence-corrected chi connectivity index (χ0v) is 22.7. The highest BCUT2D eigenvalue weighted by molar-refractivity contribution is 5.86. The van der Waals surface area contributed by atoms with Crippen molar-refractivity contribution in [3.63, 3.8) is 0 Å². The lowest BCUT2D eigenvalue weighted by molar-refractivity contribution is 0.158. The number of aryl methyl sites for hydroxylation is 1. The number of hydrogen-bond donors (Lipinski definition) is 1. The van der Waals surface area contributed by atoms with E-state index in [1.54, 1.807) is 12.4 Å². The summed E-state index contributed by atoms with van der Waals surface area (Å²) in [6.07, 6.45) is 7.46. The zero-order valence-electron chi connectivity index (χ0n) is 22.7. The van der Waals surface area contributed by atoms with Crippen LogP contribution >= 0.6 is 0 Å². The van der Waals surface area contributed by atoms with E-state index in [1.165, 1.54) is 0 Å². The van der Waals surface area contributed by atoms with Crippen LogP contribution in [0, 0.1) is 18.6 Å². The molecular formula is C30H32F2N6O2. The summed E-state index contributed by atoms with van der Waals surface area (Å²) in [6, 6.07) is 9.27. The highest BCUT2D eigenvalue weighted by atomic mass is 19.2. The molecule has 2 aliphatic rings. The van der Waals surface area contributed by atoms with Crippen molar-refractivity contribution in [3.8, 4) is 5.75 Å². The van der Waals surface area contributed by atoms with Gasteiger partial charge in [-0.15, -0.1) is 0 Å². The monoisotopic (exact) mass is 546 g/mol. The van der Waals surface area contributed by atoms with Crippen molar-refractivity contribution in [1.82, 2.24) is 19.4 Å². The average molecular weight is 547 g/mol. The van der Waals surface area contributed by atoms with Gasteiger partial charge in [0.2, 0.25) is 5.82 Å². The van der Waals surface area contributed by atoms with Gasteiger partial charge in [-0.2, -0.15) is 4.39 Å². The molecule has 40 heavy (non-hydrogen) atoms. The molecule has 1 saturated heterocycles. The van der Waals surface area contributed by atoms with Gasteiger partial charge in [0.25, 0.3) is 0 Å². The van der Waals surface area contributed by atoms with Crippen molar-refractivity contribution in [1.29, 1.82) is 0 Å². The van der Waals surface area contributed by atoms with Crippen LogP contribution in [0.2, 0.25) is 0 Å². The summed E-state index contributed by atoms with van der Waals surface area (Å²) in [5, 5.41) is 3.20. The number of aromatic nitrogens is 3. The molecule has 1 unspecified atom stereocenters. The van der Waals surface area contributed by atoms with E-state index in [-0.39, 0.29) is 29.2 Å². The van der Waals surface area contributed by atoms with Gasteiger partial charge in [-0.25, -0.2) is 9.37 Å². The van der Waals surface area contributed by atoms with E-state index in [2.05, 4.69) is 37.2 Å². The number of pyridine rings is 3. The molecule has 2 aliphatic heterocycles. The Labute approximate surface area is 231 Å². The molecule has 4 aromatic rings. The third-order valence-electron chi connectivity index (χ3n) is 7.87. The Bertz CT molecular complexity index is 1610. The largest absolute Gasteiger partial charge is 0.486 e. The molecule has 1 N–H and O–H groups in total. The Morgan fingerprint density at radius 3 is 2.80 bits per heavy atom. The minimum atomic E-state index is -1.07. The number of piperidine rings is 1. The highest BCUT2D eigenvalue weighted by Crippen LogP contribution is 2.33. The molecule has 0 saturated carbocycles. The average Bonchev–Trinajstić information content (AvgIpc) is 2.97. The molecule has 0 aliphatic carbocycles. The Kier molecular flexibility index (Phi) is 7.10. The molecule has 3 aromatic heterocycles. The van der Waals surface area contributed by atoms with E-state index >= 15 is 0 Å². The predicted molar refractivity (Wildman–Crippen MR) is 151 cm³/mol. The van der Waals surface area contributed by atoms with Gasteiger partial charge in [0.15, 0.2) is 17.0 Å². The summed E-state index contributed by atoms with van der Waals surface area (Å²) < 4.78 is 36.2. The van der Waals surface area contributed by atoms with Gasteiger partial charge in [0.05, 0.1) is 29.3 Å². The van der Waals surface area contributed by atoms with Crippen LogP contribution in [-0.4, -0.2) is 52.2 Å². The molecule has 0 radical (unpaired) electrons. The second-order valence-electron chi connectivity index (χ2n) is 10.5. The number of halogens is 2. The first-order chi connectivity index (χ1) is 19.4. The van der Waals surface area contributed by atoms with Gasteiger partial charge in [0, 0.05) is 62.9 Å². The van der Waals surface area contributed by atoms with Gasteiger partial charge in [-0.3, -0.25) is 14.7 Å². The third kappa shape index (κ3) is 4.99. The maximum Gasteiger partial charge on any atom is 0.202 e. The van der Waals surface area contributed by atoms with E-state index in [4.69, 9.17) is 4.74 Å². The maximum absolute atomic E-state index is 14.5. The number of nitrogens with one attached hydrogen (secondary N) is 1. The van der Waals surface area contributed by atoms with E-state index in [0.717, 1.165) is 54.8 Å². The van der Waals surface area contributed by atoms with Crippen molar-refractivity contribution in [3.05, 3.63) is 87.6 Å². The van der Waals surface area contributed by atoms with Crippen LogP contribution in [0.15, 0.2) is 53.7 Å². The minimum absolute atomic E-state index is 0.145. The molecule has 0 bridgehead atoms. The van der Waals surface area contributed by atoms with Crippen LogP contribution in [0.3, 0.4) is 0 Å². The smallest absolute Gasteiger partial charge is 0.202 e. The second kappa shape index (κ2) is 10.8. The van der Waals surface area contributed by atoms with Crippen LogP contribution in [0.25, 0.3) is 10.9 Å². The number of anilines is 2. The first-order valence-corrected chi connectivity index (χ1v) is 13.6. The number of nitrogens with zero attached hydrogens (tertiary/aromatic N) is 5. The van der Waals surface area contributed by atoms with Crippen LogP contribution in [0.4, 0.5) is 20.3 Å². The van der Waals surface area contributed by atoms with E-state index < -0.39 is 11.6 Å². The molecule has 5 heterocycles. The lowest BCUT2D eigenvalue weighted by Crippen LogP contribution is -2.48. The lowest BCUT2D eigenvalue weighted by Gasteiger charge is -2.40. The van der Waals surface area contributed by atoms with Gasteiger partial charge in [0.1, 0.15) is 12.4 Å². The van der Waals surface area contributed by atoms with E-state index in [9.17, 15) is 13.6 Å². The zero-order chi connectivity index (χ0) is 27.8. The fourth-order valence-electron chi connectivity index (χ4n) is 5.88. The van der Waals surface area contributed by atoms with Gasteiger partial charge in [-0.1, -0.05) is 0 Å². The molecule has 0 spiro atoms. The Hall–Kier alpha value is -4.05. The summed E-state index contributed by atoms with van der Waals surface area (Å²) in [6.45, 7) is 5.34. The first-order valence-electron chi connectivity index (χ1n) is 13.6. The summed E-state index contributed by atoms with van der Waals surface area (Å²) >= 11 is 0. The fraction of sp³-hybridized carbons (Fsp3) is 0.367. The van der Waals surface area contributed by atoms with Gasteiger partial charge < -0.3 is 19.5 Å². The second-order valence-corrected chi connectivity index (χ2v) is 10.5.